The van der Waals surface area contributed by atoms with Crippen LogP contribution in [-0.2, 0) is 6.42 Å². The summed E-state index contributed by atoms with van der Waals surface area (Å²) in [6.45, 7) is 4.44. The molecule has 164 valence electrons. The third-order valence-electron chi connectivity index (χ3n) is 6.77. The van der Waals surface area contributed by atoms with E-state index in [2.05, 4.69) is 86.6 Å². The maximum absolute atomic E-state index is 2.40. The molecule has 6 aromatic rings. The van der Waals surface area contributed by atoms with E-state index in [1.807, 2.05) is 22.7 Å². The van der Waals surface area contributed by atoms with E-state index in [9.17, 15) is 0 Å². The van der Waals surface area contributed by atoms with Gasteiger partial charge in [-0.25, -0.2) is 0 Å². The van der Waals surface area contributed by atoms with Crippen LogP contribution in [0.25, 0.3) is 52.2 Å². The van der Waals surface area contributed by atoms with Crippen molar-refractivity contribution < 1.29 is 0 Å². The molecule has 0 saturated heterocycles. The highest BCUT2D eigenvalue weighted by atomic mass is 32.1. The van der Waals surface area contributed by atoms with Gasteiger partial charge in [0.2, 0.25) is 0 Å². The van der Waals surface area contributed by atoms with E-state index in [0.717, 1.165) is 0 Å². The zero-order chi connectivity index (χ0) is 22.4. The Hall–Kier alpha value is -2.68. The molecule has 2 heteroatoms. The van der Waals surface area contributed by atoms with Crippen molar-refractivity contribution in [2.24, 2.45) is 0 Å². The predicted octanol–water partition coefficient (Wildman–Crippen LogP) is 10.5. The van der Waals surface area contributed by atoms with Crippen LogP contribution in [0.4, 0.5) is 0 Å². The summed E-state index contributed by atoms with van der Waals surface area (Å²) in [6, 6.07) is 27.9. The van der Waals surface area contributed by atoms with Crippen LogP contribution in [0.3, 0.4) is 0 Å². The Morgan fingerprint density at radius 1 is 0.606 bits per heavy atom. The van der Waals surface area contributed by atoms with E-state index in [1.165, 1.54) is 94.7 Å². The van der Waals surface area contributed by atoms with Gasteiger partial charge in [0.1, 0.15) is 0 Å². The van der Waals surface area contributed by atoms with Crippen molar-refractivity contribution in [1.82, 2.24) is 0 Å². The van der Waals surface area contributed by atoms with E-state index in [1.54, 1.807) is 0 Å². The molecule has 0 aliphatic rings. The summed E-state index contributed by atoms with van der Waals surface area (Å²) in [4.78, 5) is 2.91. The zero-order valence-corrected chi connectivity index (χ0v) is 20.9. The molecule has 0 unspecified atom stereocenters. The molecule has 0 atom stereocenters. The van der Waals surface area contributed by atoms with E-state index in [4.69, 9.17) is 0 Å². The smallest absolute Gasteiger partial charge is 0.0361 e. The fourth-order valence-corrected chi connectivity index (χ4v) is 7.14. The number of fused-ring (bicyclic) bond motifs is 5. The van der Waals surface area contributed by atoms with Gasteiger partial charge >= 0.3 is 0 Å². The van der Waals surface area contributed by atoms with Crippen molar-refractivity contribution in [2.45, 2.75) is 46.0 Å². The SMILES string of the molecule is CCCCCCc1ccc(-c2ccc3cc4c(cc3c2)sc2cc3cc(C)ccc3cc24)s1. The van der Waals surface area contributed by atoms with Crippen LogP contribution in [0.1, 0.15) is 43.0 Å². The summed E-state index contributed by atoms with van der Waals surface area (Å²) < 4.78 is 2.76. The Balaban J connectivity index is 1.38. The van der Waals surface area contributed by atoms with Crippen LogP contribution in [0, 0.1) is 6.92 Å². The maximum atomic E-state index is 2.40. The monoisotopic (exact) mass is 464 g/mol. The highest BCUT2D eigenvalue weighted by molar-refractivity contribution is 7.26. The lowest BCUT2D eigenvalue weighted by atomic mass is 10.0. The zero-order valence-electron chi connectivity index (χ0n) is 19.3. The number of aryl methyl sites for hydroxylation is 2. The number of rotatable bonds is 6. The number of benzene rings is 4. The van der Waals surface area contributed by atoms with Gasteiger partial charge in [-0.1, -0.05) is 62.1 Å². The van der Waals surface area contributed by atoms with Gasteiger partial charge in [-0.2, -0.15) is 0 Å². The summed E-state index contributed by atoms with van der Waals surface area (Å²) in [7, 11) is 0. The van der Waals surface area contributed by atoms with E-state index < -0.39 is 0 Å². The number of hydrogen-bond donors (Lipinski definition) is 0. The number of hydrogen-bond acceptors (Lipinski definition) is 2. The highest BCUT2D eigenvalue weighted by Crippen LogP contribution is 2.40. The quantitative estimate of drug-likeness (QED) is 0.215. The predicted molar refractivity (Wildman–Crippen MR) is 150 cm³/mol. The molecule has 6 rings (SSSR count). The Bertz CT molecular complexity index is 1610. The normalized spacial score (nSPS) is 11.9. The molecular formula is C31H28S2. The molecule has 0 aliphatic heterocycles. The molecule has 4 aromatic carbocycles. The Kier molecular flexibility index (Phi) is 5.44. The van der Waals surface area contributed by atoms with E-state index >= 15 is 0 Å². The van der Waals surface area contributed by atoms with Gasteiger partial charge < -0.3 is 0 Å². The van der Waals surface area contributed by atoms with E-state index in [0.29, 0.717) is 0 Å². The van der Waals surface area contributed by atoms with Crippen LogP contribution >= 0.6 is 22.7 Å². The van der Waals surface area contributed by atoms with Gasteiger partial charge in [-0.3, -0.25) is 0 Å². The molecular weight excluding hydrogens is 436 g/mol. The molecule has 0 nitrogen and oxygen atoms in total. The van der Waals surface area contributed by atoms with Crippen molar-refractivity contribution in [1.29, 1.82) is 0 Å². The minimum absolute atomic E-state index is 1.22. The highest BCUT2D eigenvalue weighted by Gasteiger charge is 2.10. The first-order chi connectivity index (χ1) is 16.2. The van der Waals surface area contributed by atoms with Gasteiger partial charge in [-0.05, 0) is 89.3 Å². The van der Waals surface area contributed by atoms with Crippen LogP contribution in [0.15, 0.2) is 72.8 Å². The van der Waals surface area contributed by atoms with Gasteiger partial charge in [0.25, 0.3) is 0 Å². The first-order valence-corrected chi connectivity index (χ1v) is 13.7. The van der Waals surface area contributed by atoms with Crippen molar-refractivity contribution in [2.75, 3.05) is 0 Å². The molecule has 0 spiro atoms. The van der Waals surface area contributed by atoms with E-state index in [-0.39, 0.29) is 0 Å². The molecule has 0 radical (unpaired) electrons. The van der Waals surface area contributed by atoms with Crippen molar-refractivity contribution in [3.8, 4) is 10.4 Å². The maximum Gasteiger partial charge on any atom is 0.0361 e. The van der Waals surface area contributed by atoms with Crippen molar-refractivity contribution in [3.63, 3.8) is 0 Å². The van der Waals surface area contributed by atoms with Crippen LogP contribution in [0.2, 0.25) is 0 Å². The molecule has 0 aliphatic carbocycles. The lowest BCUT2D eigenvalue weighted by Gasteiger charge is -2.04. The number of unbranched alkanes of at least 4 members (excludes halogenated alkanes) is 3. The third kappa shape index (κ3) is 3.96. The standard InChI is InChI=1S/C31H28S2/c1-3-4-5-6-7-26-12-13-29(32-26)23-11-10-22-17-28-27-16-21-9-8-20(2)14-24(21)18-30(27)33-31(28)19-25(22)15-23/h8-19H,3-7H2,1-2H3. The molecule has 0 fully saturated rings. The van der Waals surface area contributed by atoms with Crippen LogP contribution in [-0.4, -0.2) is 0 Å². The summed E-state index contributed by atoms with van der Waals surface area (Å²) in [5.74, 6) is 0. The number of thiophene rings is 2. The molecule has 0 N–H and O–H groups in total. The first-order valence-electron chi connectivity index (χ1n) is 12.1. The lowest BCUT2D eigenvalue weighted by molar-refractivity contribution is 0.670. The average molecular weight is 465 g/mol. The fraction of sp³-hybridized carbons (Fsp3) is 0.226. The minimum atomic E-state index is 1.22. The lowest BCUT2D eigenvalue weighted by Crippen LogP contribution is -1.80. The summed E-state index contributed by atoms with van der Waals surface area (Å²) in [5.41, 5.74) is 2.66. The first kappa shape index (κ1) is 20.9. The summed E-state index contributed by atoms with van der Waals surface area (Å²) >= 11 is 3.88. The average Bonchev–Trinajstić information content (AvgIpc) is 3.42. The van der Waals surface area contributed by atoms with Gasteiger partial charge in [0.15, 0.2) is 0 Å². The largest absolute Gasteiger partial charge is 0.140 e. The van der Waals surface area contributed by atoms with Gasteiger partial charge in [0.05, 0.1) is 0 Å². The molecule has 33 heavy (non-hydrogen) atoms. The third-order valence-corrected chi connectivity index (χ3v) is 9.08. The second-order valence-electron chi connectivity index (χ2n) is 9.29. The Morgan fingerprint density at radius 3 is 2.09 bits per heavy atom. The summed E-state index contributed by atoms with van der Waals surface area (Å²) in [5, 5.41) is 8.08. The fourth-order valence-electron chi connectivity index (χ4n) is 4.93. The second-order valence-corrected chi connectivity index (χ2v) is 11.5. The Labute approximate surface area is 203 Å². The molecule has 2 heterocycles. The minimum Gasteiger partial charge on any atom is -0.140 e. The molecule has 0 bridgehead atoms. The summed E-state index contributed by atoms with van der Waals surface area (Å²) in [6.07, 6.45) is 6.53. The second kappa shape index (κ2) is 8.59. The van der Waals surface area contributed by atoms with Crippen molar-refractivity contribution >= 4 is 64.4 Å². The van der Waals surface area contributed by atoms with Crippen LogP contribution in [0.5, 0.6) is 0 Å². The Morgan fingerprint density at radius 2 is 1.33 bits per heavy atom. The molecule has 2 aromatic heterocycles. The molecule has 0 saturated carbocycles. The molecule has 0 amide bonds. The topological polar surface area (TPSA) is 0 Å². The van der Waals surface area contributed by atoms with Crippen LogP contribution < -0.4 is 0 Å². The van der Waals surface area contributed by atoms with Gasteiger partial charge in [0, 0.05) is 29.9 Å². The van der Waals surface area contributed by atoms with Crippen molar-refractivity contribution in [3.05, 3.63) is 83.2 Å². The van der Waals surface area contributed by atoms with Gasteiger partial charge in [-0.15, -0.1) is 22.7 Å².